The van der Waals surface area contributed by atoms with Crippen LogP contribution in [0.25, 0.3) is 0 Å². The van der Waals surface area contributed by atoms with Gasteiger partial charge in [-0.25, -0.2) is 0 Å². The molecule has 0 saturated carbocycles. The van der Waals surface area contributed by atoms with Crippen LogP contribution in [0.15, 0.2) is 121 Å². The second-order valence-corrected chi connectivity index (χ2v) is 21.3. The van der Waals surface area contributed by atoms with Crippen LogP contribution in [-0.2, 0) is 58.7 Å². The summed E-state index contributed by atoms with van der Waals surface area (Å²) in [7, 11) is 0. The van der Waals surface area contributed by atoms with E-state index in [-0.39, 0.29) is 57.6 Å². The molecule has 2 aliphatic heterocycles. The zero-order chi connectivity index (χ0) is 53.2. The summed E-state index contributed by atoms with van der Waals surface area (Å²) in [6, 6.07) is 40.7. The molecule has 0 aliphatic carbocycles. The molecular weight excluding hydrogens is 949 g/mol. The molecule has 11 heteroatoms. The van der Waals surface area contributed by atoms with Gasteiger partial charge in [-0.3, -0.25) is 9.80 Å². The maximum atomic E-state index is 13.9. The largest absolute Gasteiger partial charge is 4.00 e. The Bertz CT molecular complexity index is 2390. The Morgan fingerprint density at radius 1 is 0.438 bits per heavy atom. The first-order valence-corrected chi connectivity index (χ1v) is 25.1. The zero-order valence-corrected chi connectivity index (χ0v) is 47.6. The van der Waals surface area contributed by atoms with Crippen molar-refractivity contribution in [3.8, 4) is 34.5 Å². The normalized spacial score (nSPS) is 12.2. The van der Waals surface area contributed by atoms with Gasteiger partial charge in [0.1, 0.15) is 0 Å². The average Bonchev–Trinajstić information content (AvgIpc) is 3.97. The molecule has 0 aromatic heterocycles. The van der Waals surface area contributed by atoms with Gasteiger partial charge < -0.3 is 39.4 Å². The SMILES string of the molecule is CC(C)[O-].CC(C)[O-].Cc1cc(CN(CCN(Cc2ccc3c(c2)OCO3)Cc2cc(C)cc(C(C)(C)C)c2[O-])Cc2ccc3c(c2)OCO3)c([O-])c(C(C)(C)C)c1.Cc1ccccc1.Cc1ccccc1.[Ti+4]. The first-order valence-electron chi connectivity index (χ1n) is 25.1. The Morgan fingerprint density at radius 2 is 0.753 bits per heavy atom. The molecule has 390 valence electrons. The monoisotopic (exact) mass is 1030 g/mol. The number of aryl methyl sites for hydroxylation is 4. The molecule has 2 heterocycles. The molecule has 2 aliphatic rings. The first kappa shape index (κ1) is 62.0. The molecule has 0 unspecified atom stereocenters. The minimum Gasteiger partial charge on any atom is -0.872 e. The van der Waals surface area contributed by atoms with E-state index in [1.54, 1.807) is 27.7 Å². The third-order valence-electron chi connectivity index (χ3n) is 11.3. The number of hydrogen-bond donors (Lipinski definition) is 0. The van der Waals surface area contributed by atoms with Crippen molar-refractivity contribution in [2.45, 2.75) is 146 Å². The molecule has 8 rings (SSSR count). The van der Waals surface area contributed by atoms with Gasteiger partial charge in [-0.15, -0.1) is 23.7 Å². The van der Waals surface area contributed by atoms with Gasteiger partial charge in [-0.05, 0) is 96.2 Å². The summed E-state index contributed by atoms with van der Waals surface area (Å²) in [4.78, 5) is 4.64. The van der Waals surface area contributed by atoms with Gasteiger partial charge in [0.25, 0.3) is 0 Å². The van der Waals surface area contributed by atoms with E-state index in [4.69, 9.17) is 18.9 Å². The van der Waals surface area contributed by atoms with Crippen LogP contribution in [0.3, 0.4) is 0 Å². The molecule has 10 nitrogen and oxygen atoms in total. The quantitative estimate of drug-likeness (QED) is 0.115. The Kier molecular flexibility index (Phi) is 25.1. The summed E-state index contributed by atoms with van der Waals surface area (Å²) in [5, 5.41) is 46.8. The molecule has 0 bridgehead atoms. The molecule has 6 aromatic rings. The molecule has 0 fully saturated rings. The summed E-state index contributed by atoms with van der Waals surface area (Å²) >= 11 is 0. The molecule has 0 atom stereocenters. The Balaban J connectivity index is 0.000000504. The van der Waals surface area contributed by atoms with E-state index in [0.29, 0.717) is 39.3 Å². The van der Waals surface area contributed by atoms with Crippen LogP contribution in [0.5, 0.6) is 34.5 Å². The fourth-order valence-electron chi connectivity index (χ4n) is 7.90. The summed E-state index contributed by atoms with van der Waals surface area (Å²) in [5.41, 5.74) is 9.64. The summed E-state index contributed by atoms with van der Waals surface area (Å²) in [6.45, 7) is 31.2. The van der Waals surface area contributed by atoms with Crippen LogP contribution in [0.1, 0.15) is 125 Å². The second-order valence-electron chi connectivity index (χ2n) is 21.3. The van der Waals surface area contributed by atoms with Crippen molar-refractivity contribution in [3.63, 3.8) is 0 Å². The van der Waals surface area contributed by atoms with Crippen LogP contribution < -0.4 is 39.4 Å². The van der Waals surface area contributed by atoms with E-state index in [0.717, 1.165) is 67.5 Å². The van der Waals surface area contributed by atoms with Gasteiger partial charge in [-0.1, -0.05) is 189 Å². The Hall–Kier alpha value is -5.33. The van der Waals surface area contributed by atoms with Crippen LogP contribution in [0, 0.1) is 27.7 Å². The van der Waals surface area contributed by atoms with Crippen molar-refractivity contribution in [1.82, 2.24) is 9.80 Å². The molecule has 0 amide bonds. The van der Waals surface area contributed by atoms with Crippen LogP contribution in [-0.4, -0.2) is 48.7 Å². The standard InChI is InChI=1S/C42H52N2O6.2C7H8.2C3H7O.Ti/c1-27-15-31(39(45)33(17-27)41(3,4)5)23-43(21-29-9-11-35-37(19-29)49-25-47-35)13-14-44(22-30-10-12-36-38(20-30)50-26-48-36)24-32-16-28(2)18-34(40(32)46)42(6,7)8;2*1-7-5-3-2-4-6-7;2*1-3(2)4;/h9-12,15-20,45-46H,13-14,21-26H2,1-8H3;2*2-6H,1H3;2*3H,1-2H3;/q;;;2*-1;+4/p-2. The summed E-state index contributed by atoms with van der Waals surface area (Å²) in [6.07, 6.45) is -0.833. The summed E-state index contributed by atoms with van der Waals surface area (Å²) in [5.74, 6) is 3.15. The van der Waals surface area contributed by atoms with Crippen molar-refractivity contribution >= 4 is 0 Å². The Labute approximate surface area is 452 Å². The van der Waals surface area contributed by atoms with Crippen molar-refractivity contribution in [2.24, 2.45) is 0 Å². The number of hydrogen-bond acceptors (Lipinski definition) is 10. The third kappa shape index (κ3) is 21.6. The molecular formula is C62H80N2O8Ti. The van der Waals surface area contributed by atoms with Crippen molar-refractivity contribution in [3.05, 3.63) is 177 Å². The van der Waals surface area contributed by atoms with Gasteiger partial charge in [0.15, 0.2) is 23.0 Å². The number of benzene rings is 6. The Morgan fingerprint density at radius 3 is 1.04 bits per heavy atom. The molecule has 0 saturated heterocycles. The molecule has 0 radical (unpaired) electrons. The number of rotatable bonds is 11. The molecule has 6 aromatic carbocycles. The number of fused-ring (bicyclic) bond motifs is 2. The van der Waals surface area contributed by atoms with E-state index in [9.17, 15) is 20.4 Å². The summed E-state index contributed by atoms with van der Waals surface area (Å²) < 4.78 is 22.5. The van der Waals surface area contributed by atoms with E-state index < -0.39 is 12.2 Å². The number of ether oxygens (including phenoxy) is 4. The minimum absolute atomic E-state index is 0. The number of nitrogens with zero attached hydrogens (tertiary/aromatic N) is 2. The van der Waals surface area contributed by atoms with Crippen LogP contribution in [0.4, 0.5) is 0 Å². The van der Waals surface area contributed by atoms with Crippen LogP contribution >= 0.6 is 0 Å². The predicted molar refractivity (Wildman–Crippen MR) is 285 cm³/mol. The van der Waals surface area contributed by atoms with Gasteiger partial charge in [-0.2, -0.15) is 0 Å². The smallest absolute Gasteiger partial charge is 0.872 e. The zero-order valence-electron chi connectivity index (χ0n) is 46.0. The van der Waals surface area contributed by atoms with Crippen molar-refractivity contribution in [2.75, 3.05) is 26.7 Å². The molecule has 73 heavy (non-hydrogen) atoms. The maximum absolute atomic E-state index is 13.9. The molecule has 0 spiro atoms. The van der Waals surface area contributed by atoms with E-state index in [1.165, 1.54) is 11.1 Å². The topological polar surface area (TPSA) is 136 Å². The van der Waals surface area contributed by atoms with Crippen LogP contribution in [0.2, 0.25) is 0 Å². The van der Waals surface area contributed by atoms with Crippen molar-refractivity contribution in [1.29, 1.82) is 0 Å². The third-order valence-corrected chi connectivity index (χ3v) is 11.3. The minimum atomic E-state index is -0.417. The van der Waals surface area contributed by atoms with E-state index >= 15 is 0 Å². The molecule has 0 N–H and O–H groups in total. The van der Waals surface area contributed by atoms with Gasteiger partial charge in [0.2, 0.25) is 13.6 Å². The maximum Gasteiger partial charge on any atom is 4.00 e. The predicted octanol–water partition coefficient (Wildman–Crippen LogP) is 10.7. The first-order chi connectivity index (χ1) is 33.9. The van der Waals surface area contributed by atoms with E-state index in [1.807, 2.05) is 84.9 Å². The fraction of sp³-hybridized carbons (Fsp3) is 0.419. The van der Waals surface area contributed by atoms with E-state index in [2.05, 4.69) is 115 Å². The van der Waals surface area contributed by atoms with Crippen molar-refractivity contribution < 1.29 is 61.1 Å². The fourth-order valence-corrected chi connectivity index (χ4v) is 7.90. The van der Waals surface area contributed by atoms with Gasteiger partial charge in [0.05, 0.1) is 0 Å². The second kappa shape index (κ2) is 29.5. The van der Waals surface area contributed by atoms with Gasteiger partial charge in [0, 0.05) is 39.3 Å². The van der Waals surface area contributed by atoms with Gasteiger partial charge >= 0.3 is 21.7 Å². The average molecular weight is 1030 g/mol.